The van der Waals surface area contributed by atoms with Gasteiger partial charge in [0.15, 0.2) is 0 Å². The fourth-order valence-corrected chi connectivity index (χ4v) is 1.44. The van der Waals surface area contributed by atoms with E-state index in [1.165, 1.54) is 35.2 Å². The number of halogens is 2. The molecule has 5 heteroatoms. The molecule has 0 atom stereocenters. The van der Waals surface area contributed by atoms with Gasteiger partial charge in [0.05, 0.1) is 6.54 Å². The second kappa shape index (κ2) is 5.35. The van der Waals surface area contributed by atoms with E-state index in [0.29, 0.717) is 0 Å². The minimum Gasteiger partial charge on any atom is -0.268 e. The van der Waals surface area contributed by atoms with Crippen LogP contribution in [0.25, 0.3) is 6.08 Å². The second-order valence-electron chi connectivity index (χ2n) is 3.61. The lowest BCUT2D eigenvalue weighted by Crippen LogP contribution is -2.20. The minimum absolute atomic E-state index is 0.233. The summed E-state index contributed by atoms with van der Waals surface area (Å²) in [6.07, 6.45) is 4.56. The molecule has 2 rings (SSSR count). The largest absolute Gasteiger partial charge is 0.268 e. The fourth-order valence-electron chi connectivity index (χ4n) is 1.44. The fraction of sp³-hybridized carbons (Fsp3) is 0.0769. The third-order valence-corrected chi connectivity index (χ3v) is 2.32. The zero-order valence-corrected chi connectivity index (χ0v) is 9.38. The molecule has 0 amide bonds. The summed E-state index contributed by atoms with van der Waals surface area (Å²) >= 11 is 0. The van der Waals surface area contributed by atoms with Gasteiger partial charge in [-0.2, -0.15) is 5.10 Å². The van der Waals surface area contributed by atoms with Crippen molar-refractivity contribution < 1.29 is 8.78 Å². The van der Waals surface area contributed by atoms with Crippen molar-refractivity contribution in [3.8, 4) is 0 Å². The van der Waals surface area contributed by atoms with Gasteiger partial charge in [-0.3, -0.25) is 4.79 Å². The predicted molar refractivity (Wildman–Crippen MR) is 63.9 cm³/mol. The standard InChI is InChI=1S/C13H10F2N2O/c14-11-6-5-10(12(15)9-11)3-2-8-17-13(18)4-1-7-16-17/h1-7,9H,8H2/b3-2+. The van der Waals surface area contributed by atoms with E-state index in [2.05, 4.69) is 5.10 Å². The van der Waals surface area contributed by atoms with Gasteiger partial charge in [-0.1, -0.05) is 12.2 Å². The van der Waals surface area contributed by atoms with E-state index in [1.54, 1.807) is 12.1 Å². The van der Waals surface area contributed by atoms with Crippen LogP contribution < -0.4 is 5.56 Å². The Morgan fingerprint density at radius 3 is 2.83 bits per heavy atom. The van der Waals surface area contributed by atoms with Crippen LogP contribution in [0.5, 0.6) is 0 Å². The summed E-state index contributed by atoms with van der Waals surface area (Å²) in [4.78, 5) is 11.3. The van der Waals surface area contributed by atoms with E-state index in [0.717, 1.165) is 6.07 Å². The molecule has 0 saturated carbocycles. The van der Waals surface area contributed by atoms with Crippen molar-refractivity contribution >= 4 is 6.08 Å². The summed E-state index contributed by atoms with van der Waals surface area (Å²) in [6, 6.07) is 6.26. The average Bonchev–Trinajstić information content (AvgIpc) is 2.34. The molecule has 1 aromatic carbocycles. The highest BCUT2D eigenvalue weighted by molar-refractivity contribution is 5.49. The molecule has 0 N–H and O–H groups in total. The molecule has 0 aliphatic rings. The second-order valence-corrected chi connectivity index (χ2v) is 3.61. The monoisotopic (exact) mass is 248 g/mol. The zero-order valence-electron chi connectivity index (χ0n) is 9.38. The van der Waals surface area contributed by atoms with Crippen molar-refractivity contribution in [2.75, 3.05) is 0 Å². The molecule has 0 aliphatic heterocycles. The molecule has 0 bridgehead atoms. The third-order valence-electron chi connectivity index (χ3n) is 2.32. The first kappa shape index (κ1) is 12.2. The zero-order chi connectivity index (χ0) is 13.0. The Balaban J connectivity index is 2.13. The van der Waals surface area contributed by atoms with Crippen LogP contribution in [-0.2, 0) is 6.54 Å². The lowest BCUT2D eigenvalue weighted by atomic mass is 10.2. The highest BCUT2D eigenvalue weighted by Gasteiger charge is 1.99. The van der Waals surface area contributed by atoms with Crippen LogP contribution in [0.15, 0.2) is 47.4 Å². The first-order valence-corrected chi connectivity index (χ1v) is 5.30. The van der Waals surface area contributed by atoms with Crippen molar-refractivity contribution in [2.45, 2.75) is 6.54 Å². The number of aromatic nitrogens is 2. The summed E-state index contributed by atoms with van der Waals surface area (Å²) in [5.41, 5.74) is 0.0297. The molecule has 3 nitrogen and oxygen atoms in total. The van der Waals surface area contributed by atoms with Crippen molar-refractivity contribution in [3.05, 3.63) is 70.2 Å². The van der Waals surface area contributed by atoms with E-state index in [9.17, 15) is 13.6 Å². The van der Waals surface area contributed by atoms with Gasteiger partial charge < -0.3 is 0 Å². The molecule has 0 saturated heterocycles. The molecule has 0 unspecified atom stereocenters. The number of hydrogen-bond donors (Lipinski definition) is 0. The first-order valence-electron chi connectivity index (χ1n) is 5.30. The van der Waals surface area contributed by atoms with Crippen molar-refractivity contribution in [3.63, 3.8) is 0 Å². The van der Waals surface area contributed by atoms with Crippen LogP contribution in [0.1, 0.15) is 5.56 Å². The summed E-state index contributed by atoms with van der Waals surface area (Å²) in [6.45, 7) is 0.233. The number of nitrogens with zero attached hydrogens (tertiary/aromatic N) is 2. The van der Waals surface area contributed by atoms with Crippen LogP contribution in [0.3, 0.4) is 0 Å². The highest BCUT2D eigenvalue weighted by Crippen LogP contribution is 2.10. The maximum absolute atomic E-state index is 13.3. The highest BCUT2D eigenvalue weighted by atomic mass is 19.1. The van der Waals surface area contributed by atoms with E-state index < -0.39 is 11.6 Å². The van der Waals surface area contributed by atoms with Crippen molar-refractivity contribution in [2.24, 2.45) is 0 Å². The summed E-state index contributed by atoms with van der Waals surface area (Å²) in [5, 5.41) is 3.85. The van der Waals surface area contributed by atoms with Gasteiger partial charge in [-0.25, -0.2) is 13.5 Å². The number of benzene rings is 1. The molecule has 2 aromatic rings. The molecule has 1 aromatic heterocycles. The van der Waals surface area contributed by atoms with E-state index >= 15 is 0 Å². The Hall–Kier alpha value is -2.30. The van der Waals surface area contributed by atoms with Crippen LogP contribution in [0.2, 0.25) is 0 Å². The number of rotatable bonds is 3. The number of allylic oxidation sites excluding steroid dienone is 1. The van der Waals surface area contributed by atoms with Gasteiger partial charge in [-0.05, 0) is 18.2 Å². The van der Waals surface area contributed by atoms with Crippen LogP contribution in [0.4, 0.5) is 8.78 Å². The van der Waals surface area contributed by atoms with E-state index in [1.807, 2.05) is 0 Å². The average molecular weight is 248 g/mol. The Labute approximate surface area is 102 Å². The topological polar surface area (TPSA) is 34.9 Å². The lowest BCUT2D eigenvalue weighted by Gasteiger charge is -1.99. The van der Waals surface area contributed by atoms with Gasteiger partial charge in [0.2, 0.25) is 0 Å². The quantitative estimate of drug-likeness (QED) is 0.834. The molecular weight excluding hydrogens is 238 g/mol. The molecule has 1 heterocycles. The summed E-state index contributed by atoms with van der Waals surface area (Å²) < 4.78 is 27.2. The Morgan fingerprint density at radius 1 is 1.28 bits per heavy atom. The molecule has 0 aliphatic carbocycles. The molecule has 0 spiro atoms. The van der Waals surface area contributed by atoms with E-state index in [4.69, 9.17) is 0 Å². The van der Waals surface area contributed by atoms with Gasteiger partial charge in [-0.15, -0.1) is 0 Å². The molecule has 0 fully saturated rings. The van der Waals surface area contributed by atoms with Gasteiger partial charge >= 0.3 is 0 Å². The Kier molecular flexibility index (Phi) is 3.62. The molecule has 0 radical (unpaired) electrons. The van der Waals surface area contributed by atoms with Crippen LogP contribution in [0, 0.1) is 11.6 Å². The predicted octanol–water partition coefficient (Wildman–Crippen LogP) is 2.23. The van der Waals surface area contributed by atoms with Gasteiger partial charge in [0.25, 0.3) is 5.56 Å². The maximum atomic E-state index is 13.3. The van der Waals surface area contributed by atoms with Crippen LogP contribution in [-0.4, -0.2) is 9.78 Å². The molecule has 18 heavy (non-hydrogen) atoms. The molecule has 92 valence electrons. The van der Waals surface area contributed by atoms with Crippen molar-refractivity contribution in [1.29, 1.82) is 0 Å². The lowest BCUT2D eigenvalue weighted by molar-refractivity contribution is 0.581. The smallest absolute Gasteiger partial charge is 0.267 e. The van der Waals surface area contributed by atoms with Gasteiger partial charge in [0, 0.05) is 23.9 Å². The normalized spacial score (nSPS) is 11.0. The Morgan fingerprint density at radius 2 is 2.11 bits per heavy atom. The van der Waals surface area contributed by atoms with Gasteiger partial charge in [0.1, 0.15) is 11.6 Å². The third kappa shape index (κ3) is 2.88. The minimum atomic E-state index is -0.639. The molecular formula is C13H10F2N2O. The summed E-state index contributed by atoms with van der Waals surface area (Å²) in [5.74, 6) is -1.26. The van der Waals surface area contributed by atoms with Crippen molar-refractivity contribution in [1.82, 2.24) is 9.78 Å². The van der Waals surface area contributed by atoms with E-state index in [-0.39, 0.29) is 17.7 Å². The number of hydrogen-bond acceptors (Lipinski definition) is 2. The maximum Gasteiger partial charge on any atom is 0.267 e. The van der Waals surface area contributed by atoms with Crippen LogP contribution >= 0.6 is 0 Å². The summed E-state index contributed by atoms with van der Waals surface area (Å²) in [7, 11) is 0. The first-order chi connectivity index (χ1) is 8.66. The SMILES string of the molecule is O=c1cccnn1C/C=C/c1ccc(F)cc1F. The Bertz CT molecular complexity index is 635.